The van der Waals surface area contributed by atoms with Crippen molar-refractivity contribution in [3.05, 3.63) is 0 Å². The molecule has 4 N–H and O–H groups in total. The fourth-order valence-electron chi connectivity index (χ4n) is 2.80. The van der Waals surface area contributed by atoms with Gasteiger partial charge in [-0.2, -0.15) is 0 Å². The summed E-state index contributed by atoms with van der Waals surface area (Å²) in [4.78, 5) is 0. The lowest BCUT2D eigenvalue weighted by Crippen LogP contribution is -2.55. The Balaban J connectivity index is 1.93. The molecule has 1 aliphatic heterocycles. The Hall–Kier alpha value is -0.120. The van der Waals surface area contributed by atoms with Crippen molar-refractivity contribution in [2.75, 3.05) is 6.54 Å². The van der Waals surface area contributed by atoms with Crippen LogP contribution in [0.1, 0.15) is 44.9 Å². The highest BCUT2D eigenvalue weighted by Crippen LogP contribution is 2.33. The van der Waals surface area contributed by atoms with Gasteiger partial charge in [0, 0.05) is 12.1 Å². The molecule has 1 atom stereocenters. The van der Waals surface area contributed by atoms with E-state index < -0.39 is 5.60 Å². The van der Waals surface area contributed by atoms with Crippen molar-refractivity contribution in [3.63, 3.8) is 0 Å². The number of nitrogens with two attached hydrogens (primary N) is 1. The highest BCUT2D eigenvalue weighted by Gasteiger charge is 2.39. The molecule has 2 fully saturated rings. The van der Waals surface area contributed by atoms with Crippen molar-refractivity contribution in [3.8, 4) is 0 Å². The number of rotatable bonds is 1. The first-order valence-electron chi connectivity index (χ1n) is 5.92. The van der Waals surface area contributed by atoms with Gasteiger partial charge in [-0.25, -0.2) is 0 Å². The molecule has 0 aromatic rings. The second kappa shape index (κ2) is 4.17. The third-order valence-corrected chi connectivity index (χ3v) is 3.86. The average Bonchev–Trinajstić information content (AvgIpc) is 2.24. The first-order chi connectivity index (χ1) is 6.71. The van der Waals surface area contributed by atoms with Gasteiger partial charge in [0.05, 0.1) is 5.60 Å². The van der Waals surface area contributed by atoms with E-state index in [1.54, 1.807) is 0 Å². The smallest absolute Gasteiger partial charge is 0.0801 e. The van der Waals surface area contributed by atoms with Crippen LogP contribution in [0, 0.1) is 0 Å². The van der Waals surface area contributed by atoms with E-state index in [1.165, 1.54) is 12.8 Å². The second-order valence-corrected chi connectivity index (χ2v) is 4.94. The molecule has 0 aromatic heterocycles. The number of hydrogen-bond donors (Lipinski definition) is 3. The van der Waals surface area contributed by atoms with E-state index in [0.717, 1.165) is 38.6 Å². The zero-order chi connectivity index (χ0) is 10.0. The summed E-state index contributed by atoms with van der Waals surface area (Å²) in [6.07, 6.45) is 7.37. The molecule has 0 bridgehead atoms. The molecule has 0 amide bonds. The van der Waals surface area contributed by atoms with E-state index in [0.29, 0.717) is 12.1 Å². The summed E-state index contributed by atoms with van der Waals surface area (Å²) in [5.74, 6) is 0. The predicted molar refractivity (Wildman–Crippen MR) is 57.0 cm³/mol. The molecule has 2 rings (SSSR count). The molecule has 1 saturated carbocycles. The van der Waals surface area contributed by atoms with Crippen LogP contribution in [0.4, 0.5) is 0 Å². The van der Waals surface area contributed by atoms with Crippen molar-refractivity contribution in [1.29, 1.82) is 0 Å². The average molecular weight is 198 g/mol. The van der Waals surface area contributed by atoms with Crippen LogP contribution in [0.2, 0.25) is 0 Å². The van der Waals surface area contributed by atoms with Crippen LogP contribution in [-0.2, 0) is 0 Å². The van der Waals surface area contributed by atoms with Crippen LogP contribution in [0.5, 0.6) is 0 Å². The normalized spacial score (nSPS) is 45.0. The number of aliphatic hydroxyl groups is 1. The quantitative estimate of drug-likeness (QED) is 0.583. The van der Waals surface area contributed by atoms with Gasteiger partial charge in [-0.15, -0.1) is 0 Å². The third-order valence-electron chi connectivity index (χ3n) is 3.86. The van der Waals surface area contributed by atoms with E-state index in [1.807, 2.05) is 0 Å². The molecule has 3 heteroatoms. The zero-order valence-electron chi connectivity index (χ0n) is 8.84. The Morgan fingerprint density at radius 1 is 1.14 bits per heavy atom. The molecular formula is C11H22N2O. The molecule has 1 aliphatic carbocycles. The third kappa shape index (κ3) is 2.10. The maximum absolute atomic E-state index is 10.5. The zero-order valence-corrected chi connectivity index (χ0v) is 8.84. The van der Waals surface area contributed by atoms with Crippen LogP contribution in [0.15, 0.2) is 0 Å². The highest BCUT2D eigenvalue weighted by atomic mass is 16.3. The van der Waals surface area contributed by atoms with Crippen molar-refractivity contribution in [2.45, 2.75) is 62.6 Å². The standard InChI is InChI=1S/C11H22N2O/c12-9-4-6-11(14,7-5-9)10-3-1-2-8-13-10/h9-10,13-14H,1-8,12H2. The Morgan fingerprint density at radius 3 is 2.43 bits per heavy atom. The van der Waals surface area contributed by atoms with E-state index in [9.17, 15) is 5.11 Å². The van der Waals surface area contributed by atoms with Gasteiger partial charge in [0.15, 0.2) is 0 Å². The van der Waals surface area contributed by atoms with Gasteiger partial charge in [0.2, 0.25) is 0 Å². The van der Waals surface area contributed by atoms with Crippen LogP contribution in [-0.4, -0.2) is 29.3 Å². The lowest BCUT2D eigenvalue weighted by Gasteiger charge is -2.43. The topological polar surface area (TPSA) is 58.3 Å². The van der Waals surface area contributed by atoms with Gasteiger partial charge < -0.3 is 16.2 Å². The molecule has 1 unspecified atom stereocenters. The lowest BCUT2D eigenvalue weighted by atomic mass is 9.75. The summed E-state index contributed by atoms with van der Waals surface area (Å²) < 4.78 is 0. The first kappa shape index (κ1) is 10.4. The maximum atomic E-state index is 10.5. The molecule has 2 aliphatic rings. The van der Waals surface area contributed by atoms with E-state index in [-0.39, 0.29) is 0 Å². The van der Waals surface area contributed by atoms with Gasteiger partial charge in [-0.1, -0.05) is 6.42 Å². The minimum absolute atomic E-state index is 0.318. The summed E-state index contributed by atoms with van der Waals surface area (Å²) in [6.45, 7) is 1.07. The summed E-state index contributed by atoms with van der Waals surface area (Å²) in [5.41, 5.74) is 5.39. The van der Waals surface area contributed by atoms with E-state index in [4.69, 9.17) is 5.73 Å². The van der Waals surface area contributed by atoms with Crippen LogP contribution in [0.3, 0.4) is 0 Å². The molecule has 0 aromatic carbocycles. The first-order valence-corrected chi connectivity index (χ1v) is 5.92. The molecule has 14 heavy (non-hydrogen) atoms. The maximum Gasteiger partial charge on any atom is 0.0801 e. The SMILES string of the molecule is NC1CCC(O)(C2CCCCN2)CC1. The number of nitrogens with one attached hydrogen (secondary N) is 1. The summed E-state index contributed by atoms with van der Waals surface area (Å²) >= 11 is 0. The highest BCUT2D eigenvalue weighted by molar-refractivity contribution is 4.97. The Labute approximate surface area is 86.1 Å². The fourth-order valence-corrected chi connectivity index (χ4v) is 2.80. The molecule has 1 heterocycles. The van der Waals surface area contributed by atoms with Gasteiger partial charge in [-0.05, 0) is 45.1 Å². The summed E-state index contributed by atoms with van der Waals surface area (Å²) in [6, 6.07) is 0.641. The van der Waals surface area contributed by atoms with Crippen LogP contribution >= 0.6 is 0 Å². The van der Waals surface area contributed by atoms with Gasteiger partial charge in [0.25, 0.3) is 0 Å². The van der Waals surface area contributed by atoms with Crippen LogP contribution in [0.25, 0.3) is 0 Å². The Morgan fingerprint density at radius 2 is 1.86 bits per heavy atom. The Kier molecular flexibility index (Phi) is 3.10. The monoisotopic (exact) mass is 198 g/mol. The van der Waals surface area contributed by atoms with Crippen molar-refractivity contribution < 1.29 is 5.11 Å². The summed E-state index contributed by atoms with van der Waals surface area (Å²) in [7, 11) is 0. The van der Waals surface area contributed by atoms with Gasteiger partial charge in [0.1, 0.15) is 0 Å². The molecule has 0 radical (unpaired) electrons. The Bertz CT molecular complexity index is 182. The lowest BCUT2D eigenvalue weighted by molar-refractivity contribution is -0.0406. The predicted octanol–water partition coefficient (Wildman–Crippen LogP) is 0.761. The van der Waals surface area contributed by atoms with Crippen molar-refractivity contribution in [2.24, 2.45) is 5.73 Å². The fraction of sp³-hybridized carbons (Fsp3) is 1.00. The van der Waals surface area contributed by atoms with E-state index in [2.05, 4.69) is 5.32 Å². The molecule has 3 nitrogen and oxygen atoms in total. The molecular weight excluding hydrogens is 176 g/mol. The molecule has 82 valence electrons. The van der Waals surface area contributed by atoms with Gasteiger partial charge >= 0.3 is 0 Å². The largest absolute Gasteiger partial charge is 0.388 e. The number of hydrogen-bond acceptors (Lipinski definition) is 3. The second-order valence-electron chi connectivity index (χ2n) is 4.94. The van der Waals surface area contributed by atoms with Gasteiger partial charge in [-0.3, -0.25) is 0 Å². The molecule has 0 spiro atoms. The number of piperidine rings is 1. The van der Waals surface area contributed by atoms with E-state index >= 15 is 0 Å². The van der Waals surface area contributed by atoms with Crippen molar-refractivity contribution >= 4 is 0 Å². The minimum Gasteiger partial charge on any atom is -0.388 e. The van der Waals surface area contributed by atoms with Crippen molar-refractivity contribution in [1.82, 2.24) is 5.32 Å². The summed E-state index contributed by atoms with van der Waals surface area (Å²) in [5, 5.41) is 13.9. The minimum atomic E-state index is -0.462. The molecule has 1 saturated heterocycles. The van der Waals surface area contributed by atoms with Crippen LogP contribution < -0.4 is 11.1 Å².